The number of nitrogens with zero attached hydrogens (tertiary/aromatic N) is 2. The summed E-state index contributed by atoms with van der Waals surface area (Å²) in [5, 5.41) is 11.4. The number of carboxylic acid groups (broad SMARTS) is 1. The van der Waals surface area contributed by atoms with Gasteiger partial charge in [-0.25, -0.2) is 9.78 Å². The Morgan fingerprint density at radius 1 is 0.903 bits per heavy atom. The van der Waals surface area contributed by atoms with Gasteiger partial charge in [0.2, 0.25) is 0 Å². The number of fused-ring (bicyclic) bond motifs is 2. The Hall–Kier alpha value is -4.12. The summed E-state index contributed by atoms with van der Waals surface area (Å²) in [6, 6.07) is 27.2. The van der Waals surface area contributed by atoms with E-state index in [4.69, 9.17) is 4.74 Å². The molecule has 1 N–H and O–H groups in total. The Balaban J connectivity index is 1.28. The third-order valence-electron chi connectivity index (χ3n) is 5.34. The molecule has 0 fully saturated rings. The molecule has 5 aromatic rings. The topological polar surface area (TPSA) is 64.3 Å². The number of para-hydroxylation sites is 1. The Labute approximate surface area is 179 Å². The molecule has 0 saturated heterocycles. The van der Waals surface area contributed by atoms with E-state index < -0.39 is 5.97 Å². The molecule has 152 valence electrons. The first kappa shape index (κ1) is 18.9. The predicted molar refractivity (Wildman–Crippen MR) is 121 cm³/mol. The van der Waals surface area contributed by atoms with Gasteiger partial charge in [0.1, 0.15) is 12.4 Å². The van der Waals surface area contributed by atoms with Crippen LogP contribution in [0.15, 0.2) is 91.1 Å². The lowest BCUT2D eigenvalue weighted by atomic mass is 10.1. The third kappa shape index (κ3) is 3.98. The molecule has 3 aromatic carbocycles. The van der Waals surface area contributed by atoms with Gasteiger partial charge in [0, 0.05) is 23.6 Å². The quantitative estimate of drug-likeness (QED) is 0.402. The van der Waals surface area contributed by atoms with Gasteiger partial charge in [0.25, 0.3) is 0 Å². The molecule has 0 aliphatic heterocycles. The highest BCUT2D eigenvalue weighted by atomic mass is 16.5. The number of benzene rings is 3. The van der Waals surface area contributed by atoms with Crippen LogP contribution >= 0.6 is 0 Å². The van der Waals surface area contributed by atoms with Gasteiger partial charge in [-0.2, -0.15) is 0 Å². The van der Waals surface area contributed by atoms with Crippen molar-refractivity contribution in [3.05, 3.63) is 108 Å². The molecule has 5 rings (SSSR count). The van der Waals surface area contributed by atoms with E-state index in [0.29, 0.717) is 18.7 Å². The molecule has 2 aromatic heterocycles. The van der Waals surface area contributed by atoms with E-state index in [2.05, 4.69) is 15.6 Å². The molecule has 5 heteroatoms. The van der Waals surface area contributed by atoms with E-state index in [1.165, 1.54) is 0 Å². The highest BCUT2D eigenvalue weighted by Crippen LogP contribution is 2.21. The van der Waals surface area contributed by atoms with Crippen molar-refractivity contribution < 1.29 is 14.6 Å². The van der Waals surface area contributed by atoms with Gasteiger partial charge in [-0.15, -0.1) is 0 Å². The van der Waals surface area contributed by atoms with Gasteiger partial charge in [-0.05, 0) is 53.4 Å². The monoisotopic (exact) mass is 408 g/mol. The van der Waals surface area contributed by atoms with Gasteiger partial charge in [0.05, 0.1) is 16.8 Å². The minimum atomic E-state index is -0.919. The molecule has 0 atom stereocenters. The number of ether oxygens (including phenoxy) is 1. The fourth-order valence-electron chi connectivity index (χ4n) is 3.69. The van der Waals surface area contributed by atoms with E-state index in [1.807, 2.05) is 72.9 Å². The molecule has 5 nitrogen and oxygen atoms in total. The molecule has 0 unspecified atom stereocenters. The average molecular weight is 408 g/mol. The molecular weight excluding hydrogens is 388 g/mol. The standard InChI is InChI=1S/C26H20N2O3/c29-26(30)21-8-7-20-13-14-28(25(20)15-21)16-18-5-11-23(12-6-18)31-17-22-10-9-19-3-1-2-4-24(19)27-22/h1-15H,16-17H2,(H,29,30). The Morgan fingerprint density at radius 2 is 1.71 bits per heavy atom. The minimum Gasteiger partial charge on any atom is -0.487 e. The average Bonchev–Trinajstić information content (AvgIpc) is 3.20. The first-order valence-electron chi connectivity index (χ1n) is 10.0. The number of carbonyl (C=O) groups is 1. The van der Waals surface area contributed by atoms with Crippen LogP contribution in [0.4, 0.5) is 0 Å². The first-order chi connectivity index (χ1) is 15.2. The number of pyridine rings is 1. The number of carboxylic acids is 1. The summed E-state index contributed by atoms with van der Waals surface area (Å²) >= 11 is 0. The van der Waals surface area contributed by atoms with E-state index in [9.17, 15) is 9.90 Å². The molecule has 2 heterocycles. The van der Waals surface area contributed by atoms with E-state index in [-0.39, 0.29) is 0 Å². The summed E-state index contributed by atoms with van der Waals surface area (Å²) in [6.07, 6.45) is 1.98. The van der Waals surface area contributed by atoms with Crippen molar-refractivity contribution in [1.29, 1.82) is 0 Å². The second kappa shape index (κ2) is 7.95. The second-order valence-corrected chi connectivity index (χ2v) is 7.45. The Bertz CT molecular complexity index is 1390. The predicted octanol–water partition coefficient (Wildman–Crippen LogP) is 5.52. The molecule has 0 radical (unpaired) electrons. The van der Waals surface area contributed by atoms with Crippen LogP contribution in [0.1, 0.15) is 21.6 Å². The number of hydrogen-bond acceptors (Lipinski definition) is 3. The Kier molecular flexibility index (Phi) is 4.84. The molecular formula is C26H20N2O3. The number of aromatic carboxylic acids is 1. The van der Waals surface area contributed by atoms with Gasteiger partial charge in [-0.1, -0.05) is 42.5 Å². The molecule has 0 aliphatic carbocycles. The fourth-order valence-corrected chi connectivity index (χ4v) is 3.69. The van der Waals surface area contributed by atoms with Gasteiger partial charge in [0.15, 0.2) is 0 Å². The van der Waals surface area contributed by atoms with E-state index >= 15 is 0 Å². The van der Waals surface area contributed by atoms with Crippen LogP contribution in [-0.2, 0) is 13.2 Å². The number of aromatic nitrogens is 2. The molecule has 0 spiro atoms. The maximum absolute atomic E-state index is 11.3. The van der Waals surface area contributed by atoms with E-state index in [0.717, 1.165) is 38.8 Å². The van der Waals surface area contributed by atoms with Crippen molar-refractivity contribution in [2.75, 3.05) is 0 Å². The van der Waals surface area contributed by atoms with E-state index in [1.54, 1.807) is 12.1 Å². The highest BCUT2D eigenvalue weighted by Gasteiger charge is 2.08. The molecule has 0 aliphatic rings. The zero-order valence-corrected chi connectivity index (χ0v) is 16.7. The summed E-state index contributed by atoms with van der Waals surface area (Å²) in [4.78, 5) is 15.9. The summed E-state index contributed by atoms with van der Waals surface area (Å²) in [5.41, 5.74) is 4.15. The van der Waals surface area contributed by atoms with Gasteiger partial charge >= 0.3 is 5.97 Å². The van der Waals surface area contributed by atoms with Crippen molar-refractivity contribution in [3.63, 3.8) is 0 Å². The van der Waals surface area contributed by atoms with Crippen LogP contribution in [0.3, 0.4) is 0 Å². The zero-order chi connectivity index (χ0) is 21.2. The lowest BCUT2D eigenvalue weighted by Crippen LogP contribution is -2.01. The lowest BCUT2D eigenvalue weighted by Gasteiger charge is -2.09. The summed E-state index contributed by atoms with van der Waals surface area (Å²) in [6.45, 7) is 1.06. The Morgan fingerprint density at radius 3 is 2.55 bits per heavy atom. The SMILES string of the molecule is O=C(O)c1ccc2ccn(Cc3ccc(OCc4ccc5ccccc5n4)cc3)c2c1. The van der Waals surface area contributed by atoms with Crippen LogP contribution < -0.4 is 4.74 Å². The van der Waals surface area contributed by atoms with Crippen molar-refractivity contribution >= 4 is 27.8 Å². The van der Waals surface area contributed by atoms with Gasteiger partial charge in [-0.3, -0.25) is 0 Å². The summed E-state index contributed by atoms with van der Waals surface area (Å²) < 4.78 is 7.96. The van der Waals surface area contributed by atoms with Crippen LogP contribution in [0.2, 0.25) is 0 Å². The summed E-state index contributed by atoms with van der Waals surface area (Å²) in [5.74, 6) is -0.138. The number of rotatable bonds is 6. The summed E-state index contributed by atoms with van der Waals surface area (Å²) in [7, 11) is 0. The molecule has 0 amide bonds. The van der Waals surface area contributed by atoms with Crippen LogP contribution in [0.25, 0.3) is 21.8 Å². The molecule has 0 bridgehead atoms. The second-order valence-electron chi connectivity index (χ2n) is 7.45. The lowest BCUT2D eigenvalue weighted by molar-refractivity contribution is 0.0697. The zero-order valence-electron chi connectivity index (χ0n) is 16.7. The van der Waals surface area contributed by atoms with Crippen LogP contribution in [0, 0.1) is 0 Å². The van der Waals surface area contributed by atoms with Crippen LogP contribution in [0.5, 0.6) is 5.75 Å². The maximum atomic E-state index is 11.3. The maximum Gasteiger partial charge on any atom is 0.335 e. The fraction of sp³-hybridized carbons (Fsp3) is 0.0769. The minimum absolute atomic E-state index is 0.290. The highest BCUT2D eigenvalue weighted by molar-refractivity contribution is 5.93. The third-order valence-corrected chi connectivity index (χ3v) is 5.34. The smallest absolute Gasteiger partial charge is 0.335 e. The van der Waals surface area contributed by atoms with Crippen molar-refractivity contribution in [2.24, 2.45) is 0 Å². The molecule has 0 saturated carbocycles. The van der Waals surface area contributed by atoms with Crippen molar-refractivity contribution in [2.45, 2.75) is 13.2 Å². The van der Waals surface area contributed by atoms with Crippen molar-refractivity contribution in [3.8, 4) is 5.75 Å². The van der Waals surface area contributed by atoms with Gasteiger partial charge < -0.3 is 14.4 Å². The molecule has 31 heavy (non-hydrogen) atoms. The normalized spacial score (nSPS) is 11.1. The van der Waals surface area contributed by atoms with Crippen molar-refractivity contribution in [1.82, 2.24) is 9.55 Å². The largest absolute Gasteiger partial charge is 0.487 e. The van der Waals surface area contributed by atoms with Crippen LogP contribution in [-0.4, -0.2) is 20.6 Å². The number of hydrogen-bond donors (Lipinski definition) is 1. The first-order valence-corrected chi connectivity index (χ1v) is 10.0.